The Balaban J connectivity index is 2.04. The molecule has 0 spiro atoms. The molecule has 3 heterocycles. The molecule has 0 unspecified atom stereocenters. The largest absolute Gasteiger partial charge is 0.265 e. The molecule has 22 heavy (non-hydrogen) atoms. The van der Waals surface area contributed by atoms with Crippen molar-refractivity contribution >= 4 is 5.65 Å². The Morgan fingerprint density at radius 3 is 2.41 bits per heavy atom. The van der Waals surface area contributed by atoms with Crippen LogP contribution in [0.3, 0.4) is 0 Å². The topological polar surface area (TPSA) is 56.0 Å². The molecule has 0 bridgehead atoms. The lowest BCUT2D eigenvalue weighted by Crippen LogP contribution is -1.91. The number of rotatable bonds is 2. The molecule has 0 amide bonds. The Morgan fingerprint density at radius 1 is 0.864 bits per heavy atom. The first-order chi connectivity index (χ1) is 10.8. The first-order valence-corrected chi connectivity index (χ1v) is 6.69. The van der Waals surface area contributed by atoms with Crippen molar-refractivity contribution in [3.63, 3.8) is 0 Å². The van der Waals surface area contributed by atoms with Gasteiger partial charge in [-0.15, -0.1) is 5.10 Å². The van der Waals surface area contributed by atoms with E-state index in [0.717, 1.165) is 22.4 Å². The van der Waals surface area contributed by atoms with Crippen LogP contribution in [-0.2, 0) is 0 Å². The van der Waals surface area contributed by atoms with E-state index >= 15 is 0 Å². The van der Waals surface area contributed by atoms with E-state index in [9.17, 15) is 4.39 Å². The highest BCUT2D eigenvalue weighted by Crippen LogP contribution is 2.33. The maximum Gasteiger partial charge on any atom is 0.185 e. The summed E-state index contributed by atoms with van der Waals surface area (Å²) in [4.78, 5) is 4.03. The molecule has 0 fully saturated rings. The molecule has 4 aromatic rings. The highest BCUT2D eigenvalue weighted by atomic mass is 19.1. The Bertz CT molecular complexity index is 932. The van der Waals surface area contributed by atoms with Crippen molar-refractivity contribution < 1.29 is 4.39 Å². The molecule has 106 valence electrons. The minimum absolute atomic E-state index is 0.281. The summed E-state index contributed by atoms with van der Waals surface area (Å²) in [5, 5.41) is 12.7. The van der Waals surface area contributed by atoms with Gasteiger partial charge in [0.15, 0.2) is 5.65 Å². The molecular weight excluding hydrogens is 281 g/mol. The molecular formula is C16H10FN5. The first kappa shape index (κ1) is 12.6. The minimum Gasteiger partial charge on any atom is -0.265 e. The van der Waals surface area contributed by atoms with Gasteiger partial charge in [0.05, 0.1) is 18.0 Å². The van der Waals surface area contributed by atoms with Gasteiger partial charge in [-0.1, -0.05) is 12.1 Å². The van der Waals surface area contributed by atoms with Crippen LogP contribution in [0.2, 0.25) is 0 Å². The highest BCUT2D eigenvalue weighted by molar-refractivity contribution is 5.90. The van der Waals surface area contributed by atoms with Gasteiger partial charge < -0.3 is 0 Å². The van der Waals surface area contributed by atoms with Crippen LogP contribution >= 0.6 is 0 Å². The molecule has 6 heteroatoms. The van der Waals surface area contributed by atoms with E-state index in [0.29, 0.717) is 5.65 Å². The number of benzene rings is 1. The molecule has 3 aromatic heterocycles. The van der Waals surface area contributed by atoms with Gasteiger partial charge in [-0.05, 0) is 29.8 Å². The van der Waals surface area contributed by atoms with Gasteiger partial charge in [-0.2, -0.15) is 10.2 Å². The van der Waals surface area contributed by atoms with Crippen molar-refractivity contribution in [3.8, 4) is 22.4 Å². The minimum atomic E-state index is -0.281. The monoisotopic (exact) mass is 291 g/mol. The van der Waals surface area contributed by atoms with E-state index in [1.54, 1.807) is 41.4 Å². The number of aromatic nitrogens is 5. The van der Waals surface area contributed by atoms with Crippen molar-refractivity contribution in [1.29, 1.82) is 0 Å². The predicted octanol–water partition coefficient (Wildman–Crippen LogP) is 2.99. The normalized spacial score (nSPS) is 11.0. The van der Waals surface area contributed by atoms with Crippen LogP contribution in [0.5, 0.6) is 0 Å². The summed E-state index contributed by atoms with van der Waals surface area (Å²) >= 11 is 0. The maximum absolute atomic E-state index is 13.2. The van der Waals surface area contributed by atoms with Gasteiger partial charge in [0.25, 0.3) is 0 Å². The van der Waals surface area contributed by atoms with Crippen LogP contribution in [0.1, 0.15) is 0 Å². The van der Waals surface area contributed by atoms with E-state index in [1.165, 1.54) is 12.1 Å². The van der Waals surface area contributed by atoms with Crippen LogP contribution in [0, 0.1) is 5.82 Å². The van der Waals surface area contributed by atoms with E-state index < -0.39 is 0 Å². The van der Waals surface area contributed by atoms with Crippen LogP contribution in [0.15, 0.2) is 61.2 Å². The van der Waals surface area contributed by atoms with Crippen LogP contribution in [0.4, 0.5) is 4.39 Å². The van der Waals surface area contributed by atoms with Crippen LogP contribution in [-0.4, -0.2) is 24.8 Å². The van der Waals surface area contributed by atoms with Gasteiger partial charge in [-0.25, -0.2) is 8.91 Å². The first-order valence-electron chi connectivity index (χ1n) is 6.69. The van der Waals surface area contributed by atoms with Gasteiger partial charge >= 0.3 is 0 Å². The number of halogens is 1. The van der Waals surface area contributed by atoms with Crippen molar-refractivity contribution in [2.45, 2.75) is 0 Å². The second-order valence-electron chi connectivity index (χ2n) is 4.75. The quantitative estimate of drug-likeness (QED) is 0.569. The molecule has 0 saturated carbocycles. The predicted molar refractivity (Wildman–Crippen MR) is 79.4 cm³/mol. The van der Waals surface area contributed by atoms with E-state index in [1.807, 2.05) is 12.1 Å². The number of nitrogens with zero attached hydrogens (tertiary/aromatic N) is 5. The average molecular weight is 291 g/mol. The molecule has 4 rings (SSSR count). The zero-order valence-electron chi connectivity index (χ0n) is 11.4. The molecule has 0 aliphatic heterocycles. The van der Waals surface area contributed by atoms with E-state index in [2.05, 4.69) is 20.3 Å². The zero-order chi connectivity index (χ0) is 14.9. The van der Waals surface area contributed by atoms with Gasteiger partial charge in [0, 0.05) is 18.0 Å². The fraction of sp³-hybridized carbons (Fsp3) is 0. The maximum atomic E-state index is 13.2. The third-order valence-electron chi connectivity index (χ3n) is 3.40. The lowest BCUT2D eigenvalue weighted by atomic mass is 10.0. The highest BCUT2D eigenvalue weighted by Gasteiger charge is 2.17. The summed E-state index contributed by atoms with van der Waals surface area (Å²) in [6, 6.07) is 10.0. The molecule has 0 radical (unpaired) electrons. The number of hydrogen-bond acceptors (Lipinski definition) is 4. The third-order valence-corrected chi connectivity index (χ3v) is 3.40. The standard InChI is InChI=1S/C16H10FN5/c17-13-3-1-11(2-4-13)14-15(12-5-7-18-8-6-12)21-22-10-9-19-20-16(14)22/h1-10H. The molecule has 0 aliphatic carbocycles. The lowest BCUT2D eigenvalue weighted by Gasteiger charge is -2.02. The van der Waals surface area contributed by atoms with Gasteiger partial charge in [-0.3, -0.25) is 4.98 Å². The molecule has 0 atom stereocenters. The Labute approximate surface area is 125 Å². The van der Waals surface area contributed by atoms with Crippen molar-refractivity contribution in [2.24, 2.45) is 0 Å². The summed E-state index contributed by atoms with van der Waals surface area (Å²) in [6.07, 6.45) is 6.73. The Kier molecular flexibility index (Phi) is 2.86. The zero-order valence-corrected chi connectivity index (χ0v) is 11.4. The summed E-state index contributed by atoms with van der Waals surface area (Å²) in [5.74, 6) is -0.281. The second kappa shape index (κ2) is 5.00. The molecule has 0 saturated heterocycles. The molecule has 0 N–H and O–H groups in total. The van der Waals surface area contributed by atoms with Gasteiger partial charge in [0.1, 0.15) is 11.5 Å². The summed E-state index contributed by atoms with van der Waals surface area (Å²) < 4.78 is 14.9. The third kappa shape index (κ3) is 2.01. The molecule has 0 aliphatic rings. The SMILES string of the molecule is Fc1ccc(-c2c(-c3ccncc3)nn3ccnnc23)cc1. The van der Waals surface area contributed by atoms with Crippen molar-refractivity contribution in [2.75, 3.05) is 0 Å². The van der Waals surface area contributed by atoms with Crippen molar-refractivity contribution in [1.82, 2.24) is 24.8 Å². The smallest absolute Gasteiger partial charge is 0.185 e. The van der Waals surface area contributed by atoms with Crippen molar-refractivity contribution in [3.05, 3.63) is 67.0 Å². The summed E-state index contributed by atoms with van der Waals surface area (Å²) in [5.41, 5.74) is 3.96. The van der Waals surface area contributed by atoms with Crippen LogP contribution < -0.4 is 0 Å². The van der Waals surface area contributed by atoms with E-state index in [-0.39, 0.29) is 5.82 Å². The summed E-state index contributed by atoms with van der Waals surface area (Å²) in [7, 11) is 0. The number of fused-ring (bicyclic) bond motifs is 1. The van der Waals surface area contributed by atoms with E-state index in [4.69, 9.17) is 0 Å². The second-order valence-corrected chi connectivity index (χ2v) is 4.75. The molecule has 1 aromatic carbocycles. The Morgan fingerprint density at radius 2 is 1.64 bits per heavy atom. The molecule has 5 nitrogen and oxygen atoms in total. The lowest BCUT2D eigenvalue weighted by molar-refractivity contribution is 0.628. The number of pyridine rings is 1. The van der Waals surface area contributed by atoms with Gasteiger partial charge in [0.2, 0.25) is 0 Å². The summed E-state index contributed by atoms with van der Waals surface area (Å²) in [6.45, 7) is 0. The number of hydrogen-bond donors (Lipinski definition) is 0. The fourth-order valence-corrected chi connectivity index (χ4v) is 2.40. The Hall–Kier alpha value is -3.15. The van der Waals surface area contributed by atoms with Crippen LogP contribution in [0.25, 0.3) is 28.0 Å². The average Bonchev–Trinajstić information content (AvgIpc) is 2.96. The fourth-order valence-electron chi connectivity index (χ4n) is 2.40.